The summed E-state index contributed by atoms with van der Waals surface area (Å²) < 4.78 is 21.9. The topological polar surface area (TPSA) is 131 Å². The van der Waals surface area contributed by atoms with Crippen LogP contribution >= 0.6 is 7.82 Å². The van der Waals surface area contributed by atoms with Gasteiger partial charge in [-0.2, -0.15) is 0 Å². The lowest BCUT2D eigenvalue weighted by atomic mass is 10.0. The van der Waals surface area contributed by atoms with E-state index in [0.717, 1.165) is 38.5 Å². The number of phosphoric ester groups is 1. The van der Waals surface area contributed by atoms with Crippen molar-refractivity contribution in [3.05, 3.63) is 12.2 Å². The maximum atomic E-state index is 12.5. The molecule has 9 heteroatoms. The summed E-state index contributed by atoms with van der Waals surface area (Å²) in [5.74, 6) is -0.201. The van der Waals surface area contributed by atoms with E-state index < -0.39 is 20.0 Å². The van der Waals surface area contributed by atoms with E-state index in [2.05, 4.69) is 19.2 Å². The van der Waals surface area contributed by atoms with Gasteiger partial charge in [0.05, 0.1) is 25.4 Å². The molecular formula is C34H69N2O6P. The summed E-state index contributed by atoms with van der Waals surface area (Å²) in [7, 11) is -4.32. The smallest absolute Gasteiger partial charge is 0.387 e. The highest BCUT2D eigenvalue weighted by Crippen LogP contribution is 2.43. The fourth-order valence-corrected chi connectivity index (χ4v) is 5.89. The quantitative estimate of drug-likeness (QED) is 0.0323. The molecule has 1 unspecified atom stereocenters. The van der Waals surface area contributed by atoms with Crippen LogP contribution in [0.25, 0.3) is 0 Å². The zero-order valence-electron chi connectivity index (χ0n) is 28.0. The second-order valence-electron chi connectivity index (χ2n) is 12.1. The monoisotopic (exact) mass is 632 g/mol. The number of rotatable bonds is 33. The van der Waals surface area contributed by atoms with E-state index in [4.69, 9.17) is 14.8 Å². The lowest BCUT2D eigenvalue weighted by Gasteiger charge is -2.23. The molecule has 0 aromatic heterocycles. The summed E-state index contributed by atoms with van der Waals surface area (Å²) in [5, 5.41) is 13.5. The minimum atomic E-state index is -4.32. The first-order valence-corrected chi connectivity index (χ1v) is 19.3. The van der Waals surface area contributed by atoms with Crippen LogP contribution in [-0.4, -0.2) is 47.8 Å². The van der Waals surface area contributed by atoms with Crippen molar-refractivity contribution in [2.75, 3.05) is 19.8 Å². The highest BCUT2D eigenvalue weighted by molar-refractivity contribution is 7.47. The number of hydrogen-bond acceptors (Lipinski definition) is 6. The molecule has 0 fully saturated rings. The Kier molecular flexibility index (Phi) is 30.7. The molecule has 0 saturated heterocycles. The number of unbranched alkanes of at least 4 members (excludes halogenated alkanes) is 21. The van der Waals surface area contributed by atoms with Crippen molar-refractivity contribution in [3.63, 3.8) is 0 Å². The summed E-state index contributed by atoms with van der Waals surface area (Å²) >= 11 is 0. The molecule has 0 aromatic rings. The van der Waals surface area contributed by atoms with Crippen molar-refractivity contribution >= 4 is 13.7 Å². The molecule has 43 heavy (non-hydrogen) atoms. The molecule has 0 saturated carbocycles. The molecule has 0 rings (SSSR count). The summed E-state index contributed by atoms with van der Waals surface area (Å²) in [6.07, 6.45) is 31.3. The first-order chi connectivity index (χ1) is 20.9. The molecule has 5 N–H and O–H groups in total. The summed E-state index contributed by atoms with van der Waals surface area (Å²) in [5.41, 5.74) is 5.33. The zero-order chi connectivity index (χ0) is 31.9. The van der Waals surface area contributed by atoms with Crippen LogP contribution < -0.4 is 11.1 Å². The zero-order valence-corrected chi connectivity index (χ0v) is 28.8. The first-order valence-electron chi connectivity index (χ1n) is 17.8. The van der Waals surface area contributed by atoms with E-state index in [1.54, 1.807) is 6.08 Å². The van der Waals surface area contributed by atoms with Crippen molar-refractivity contribution in [1.82, 2.24) is 5.32 Å². The summed E-state index contributed by atoms with van der Waals surface area (Å²) in [6, 6.07) is -0.851. The van der Waals surface area contributed by atoms with Gasteiger partial charge in [0.1, 0.15) is 0 Å². The number of phosphoric acid groups is 1. The van der Waals surface area contributed by atoms with Crippen LogP contribution in [-0.2, 0) is 18.4 Å². The lowest BCUT2D eigenvalue weighted by Crippen LogP contribution is -2.45. The van der Waals surface area contributed by atoms with Gasteiger partial charge in [0, 0.05) is 13.0 Å². The third-order valence-corrected chi connectivity index (χ3v) is 8.85. The van der Waals surface area contributed by atoms with Gasteiger partial charge in [-0.25, -0.2) is 4.57 Å². The molecule has 0 spiro atoms. The Morgan fingerprint density at radius 1 is 0.744 bits per heavy atom. The molecule has 256 valence electrons. The standard InChI is InChI=1S/C34H69N2O6P/c1-3-5-7-9-11-12-13-14-15-16-17-18-19-20-22-23-25-27-33(37)32(31-42-43(39,40)41-30-29-35)36-34(38)28-26-24-21-10-8-6-4-2/h25,27,32-33,37H,3-24,26,28-31,35H2,1-2H3,(H,36,38)(H,39,40)/b27-25+/t32-,33+/m0/s1. The average Bonchev–Trinajstić information content (AvgIpc) is 2.99. The van der Waals surface area contributed by atoms with Crippen LogP contribution in [0.3, 0.4) is 0 Å². The molecule has 0 aliphatic carbocycles. The fourth-order valence-electron chi connectivity index (χ4n) is 5.13. The Labute approximate surface area is 265 Å². The van der Waals surface area contributed by atoms with Crippen LogP contribution in [0.1, 0.15) is 168 Å². The lowest BCUT2D eigenvalue weighted by molar-refractivity contribution is -0.123. The average molecular weight is 633 g/mol. The molecule has 0 aromatic carbocycles. The van der Waals surface area contributed by atoms with E-state index in [1.807, 2.05) is 6.08 Å². The molecule has 0 heterocycles. The van der Waals surface area contributed by atoms with Gasteiger partial charge >= 0.3 is 7.82 Å². The third kappa shape index (κ3) is 29.7. The molecule has 0 aliphatic rings. The van der Waals surface area contributed by atoms with E-state index in [-0.39, 0.29) is 25.7 Å². The predicted molar refractivity (Wildman–Crippen MR) is 180 cm³/mol. The molecular weight excluding hydrogens is 563 g/mol. The van der Waals surface area contributed by atoms with Crippen LogP contribution in [0, 0.1) is 0 Å². The normalized spacial score (nSPS) is 14.6. The van der Waals surface area contributed by atoms with Gasteiger partial charge in [-0.3, -0.25) is 13.8 Å². The van der Waals surface area contributed by atoms with E-state index in [0.29, 0.717) is 6.42 Å². The number of carbonyl (C=O) groups is 1. The minimum Gasteiger partial charge on any atom is -0.387 e. The van der Waals surface area contributed by atoms with Crippen molar-refractivity contribution in [2.24, 2.45) is 5.73 Å². The second kappa shape index (κ2) is 31.2. The number of carbonyl (C=O) groups excluding carboxylic acids is 1. The Hall–Kier alpha value is -0.760. The molecule has 0 bridgehead atoms. The highest BCUT2D eigenvalue weighted by atomic mass is 31.2. The van der Waals surface area contributed by atoms with E-state index >= 15 is 0 Å². The summed E-state index contributed by atoms with van der Waals surface area (Å²) in [4.78, 5) is 22.4. The fraction of sp³-hybridized carbons (Fsp3) is 0.912. The molecule has 0 radical (unpaired) electrons. The maximum absolute atomic E-state index is 12.5. The van der Waals surface area contributed by atoms with Gasteiger partial charge < -0.3 is 21.1 Å². The number of nitrogens with one attached hydrogen (secondary N) is 1. The van der Waals surface area contributed by atoms with Gasteiger partial charge in [-0.1, -0.05) is 154 Å². The van der Waals surface area contributed by atoms with Crippen LogP contribution in [0.2, 0.25) is 0 Å². The van der Waals surface area contributed by atoms with Gasteiger partial charge in [-0.15, -0.1) is 0 Å². The summed E-state index contributed by atoms with van der Waals surface area (Å²) in [6.45, 7) is 4.07. The largest absolute Gasteiger partial charge is 0.472 e. The third-order valence-electron chi connectivity index (χ3n) is 7.86. The van der Waals surface area contributed by atoms with Gasteiger partial charge in [0.25, 0.3) is 0 Å². The Bertz CT molecular complexity index is 694. The van der Waals surface area contributed by atoms with E-state index in [1.165, 1.54) is 109 Å². The van der Waals surface area contributed by atoms with Crippen LogP contribution in [0.15, 0.2) is 12.2 Å². The number of nitrogens with two attached hydrogens (primary N) is 1. The second-order valence-corrected chi connectivity index (χ2v) is 13.5. The molecule has 8 nitrogen and oxygen atoms in total. The molecule has 3 atom stereocenters. The maximum Gasteiger partial charge on any atom is 0.472 e. The Morgan fingerprint density at radius 3 is 1.65 bits per heavy atom. The van der Waals surface area contributed by atoms with Gasteiger partial charge in [0.2, 0.25) is 5.91 Å². The van der Waals surface area contributed by atoms with Crippen LogP contribution in [0.4, 0.5) is 0 Å². The first kappa shape index (κ1) is 42.2. The van der Waals surface area contributed by atoms with Gasteiger partial charge in [-0.05, 0) is 19.3 Å². The van der Waals surface area contributed by atoms with Gasteiger partial charge in [0.15, 0.2) is 0 Å². The molecule has 1 amide bonds. The minimum absolute atomic E-state index is 0.0805. The van der Waals surface area contributed by atoms with Crippen molar-refractivity contribution < 1.29 is 28.4 Å². The predicted octanol–water partition coefficient (Wildman–Crippen LogP) is 8.88. The van der Waals surface area contributed by atoms with E-state index in [9.17, 15) is 19.4 Å². The SMILES string of the molecule is CCCCCCCCCCCCCCCCC/C=C/[C@@H](O)[C@H](COP(=O)(O)OCCN)NC(=O)CCCCCCCCC. The van der Waals surface area contributed by atoms with Crippen molar-refractivity contribution in [1.29, 1.82) is 0 Å². The number of aliphatic hydroxyl groups excluding tert-OH is 1. The number of hydrogen-bond donors (Lipinski definition) is 4. The Balaban J connectivity index is 4.24. The van der Waals surface area contributed by atoms with Crippen LogP contribution in [0.5, 0.6) is 0 Å². The number of allylic oxidation sites excluding steroid dienone is 1. The number of amides is 1. The highest BCUT2D eigenvalue weighted by Gasteiger charge is 2.26. The Morgan fingerprint density at radius 2 is 1.19 bits per heavy atom. The van der Waals surface area contributed by atoms with Crippen molar-refractivity contribution in [3.8, 4) is 0 Å². The van der Waals surface area contributed by atoms with Crippen molar-refractivity contribution in [2.45, 2.75) is 180 Å². The number of aliphatic hydroxyl groups is 1. The molecule has 0 aliphatic heterocycles.